The number of aromatic nitrogens is 1. The molecule has 5 heteroatoms. The second kappa shape index (κ2) is 8.90. The van der Waals surface area contributed by atoms with Gasteiger partial charge in [0.25, 0.3) is 5.91 Å². The summed E-state index contributed by atoms with van der Waals surface area (Å²) in [6, 6.07) is 12.6. The predicted octanol–water partition coefficient (Wildman–Crippen LogP) is 2.95. The maximum atomic E-state index is 12.2. The summed E-state index contributed by atoms with van der Waals surface area (Å²) in [7, 11) is 0. The number of hydrogen-bond acceptors (Lipinski definition) is 4. The SMILES string of the molecule is CCN(CC)CCNC(=O)c1cccc(Oc2ccccn2)c1. The Hall–Kier alpha value is -2.40. The van der Waals surface area contributed by atoms with Gasteiger partial charge in [-0.3, -0.25) is 4.79 Å². The van der Waals surface area contributed by atoms with E-state index in [4.69, 9.17) is 4.74 Å². The van der Waals surface area contributed by atoms with Gasteiger partial charge in [0.05, 0.1) is 0 Å². The van der Waals surface area contributed by atoms with E-state index >= 15 is 0 Å². The van der Waals surface area contributed by atoms with Gasteiger partial charge in [0.1, 0.15) is 5.75 Å². The second-order valence-electron chi connectivity index (χ2n) is 5.08. The molecule has 122 valence electrons. The number of pyridine rings is 1. The molecule has 0 aliphatic heterocycles. The molecule has 0 saturated carbocycles. The third kappa shape index (κ3) is 5.38. The average molecular weight is 313 g/mol. The summed E-state index contributed by atoms with van der Waals surface area (Å²) in [6.07, 6.45) is 1.67. The number of nitrogens with zero attached hydrogens (tertiary/aromatic N) is 2. The van der Waals surface area contributed by atoms with Gasteiger partial charge in [-0.15, -0.1) is 0 Å². The molecule has 0 fully saturated rings. The number of likely N-dealkylation sites (N-methyl/N-ethyl adjacent to an activating group) is 1. The molecule has 1 N–H and O–H groups in total. The first-order valence-electron chi connectivity index (χ1n) is 7.92. The van der Waals surface area contributed by atoms with Crippen LogP contribution in [0.15, 0.2) is 48.7 Å². The normalized spacial score (nSPS) is 10.6. The van der Waals surface area contributed by atoms with Crippen LogP contribution in [0.5, 0.6) is 11.6 Å². The van der Waals surface area contributed by atoms with Crippen molar-refractivity contribution in [1.29, 1.82) is 0 Å². The summed E-state index contributed by atoms with van der Waals surface area (Å²) in [6.45, 7) is 7.68. The molecule has 0 radical (unpaired) electrons. The maximum Gasteiger partial charge on any atom is 0.251 e. The quantitative estimate of drug-likeness (QED) is 0.814. The Morgan fingerprint density at radius 3 is 2.70 bits per heavy atom. The molecule has 0 atom stereocenters. The molecule has 1 heterocycles. The highest BCUT2D eigenvalue weighted by atomic mass is 16.5. The Kier molecular flexibility index (Phi) is 6.56. The fraction of sp³-hybridized carbons (Fsp3) is 0.333. The fourth-order valence-corrected chi connectivity index (χ4v) is 2.20. The zero-order chi connectivity index (χ0) is 16.5. The fourth-order valence-electron chi connectivity index (χ4n) is 2.20. The number of ether oxygens (including phenoxy) is 1. The first kappa shape index (κ1) is 17.0. The minimum Gasteiger partial charge on any atom is -0.439 e. The third-order valence-corrected chi connectivity index (χ3v) is 3.56. The van der Waals surface area contributed by atoms with Gasteiger partial charge in [-0.25, -0.2) is 4.98 Å². The van der Waals surface area contributed by atoms with Gasteiger partial charge in [0, 0.05) is 30.9 Å². The Bertz CT molecular complexity index is 613. The van der Waals surface area contributed by atoms with E-state index < -0.39 is 0 Å². The van der Waals surface area contributed by atoms with Gasteiger partial charge >= 0.3 is 0 Å². The molecule has 0 aliphatic carbocycles. The minimum atomic E-state index is -0.0939. The van der Waals surface area contributed by atoms with E-state index in [0.29, 0.717) is 23.7 Å². The van der Waals surface area contributed by atoms with Crippen LogP contribution in [0, 0.1) is 0 Å². The number of amides is 1. The molecule has 0 bridgehead atoms. The zero-order valence-electron chi connectivity index (χ0n) is 13.7. The van der Waals surface area contributed by atoms with E-state index in [2.05, 4.69) is 29.0 Å². The molecule has 23 heavy (non-hydrogen) atoms. The van der Waals surface area contributed by atoms with E-state index in [1.54, 1.807) is 36.5 Å². The molecule has 2 aromatic rings. The van der Waals surface area contributed by atoms with Crippen LogP contribution < -0.4 is 10.1 Å². The lowest BCUT2D eigenvalue weighted by molar-refractivity contribution is 0.0948. The number of nitrogens with one attached hydrogen (secondary N) is 1. The summed E-state index contributed by atoms with van der Waals surface area (Å²) < 4.78 is 5.65. The number of hydrogen-bond donors (Lipinski definition) is 1. The van der Waals surface area contributed by atoms with Crippen molar-refractivity contribution in [3.63, 3.8) is 0 Å². The number of benzene rings is 1. The molecule has 0 unspecified atom stereocenters. The van der Waals surface area contributed by atoms with Gasteiger partial charge < -0.3 is 15.0 Å². The van der Waals surface area contributed by atoms with E-state index in [1.165, 1.54) is 0 Å². The first-order valence-corrected chi connectivity index (χ1v) is 7.92. The maximum absolute atomic E-state index is 12.2. The Morgan fingerprint density at radius 2 is 2.00 bits per heavy atom. The van der Waals surface area contributed by atoms with Crippen LogP contribution in [0.1, 0.15) is 24.2 Å². The highest BCUT2D eigenvalue weighted by molar-refractivity contribution is 5.94. The molecular formula is C18H23N3O2. The number of carbonyl (C=O) groups excluding carboxylic acids is 1. The van der Waals surface area contributed by atoms with Crippen molar-refractivity contribution >= 4 is 5.91 Å². The van der Waals surface area contributed by atoms with Crippen molar-refractivity contribution in [2.75, 3.05) is 26.2 Å². The monoisotopic (exact) mass is 313 g/mol. The molecule has 5 nitrogen and oxygen atoms in total. The summed E-state index contributed by atoms with van der Waals surface area (Å²) in [5, 5.41) is 2.94. The summed E-state index contributed by atoms with van der Waals surface area (Å²) in [5.74, 6) is 1.01. The van der Waals surface area contributed by atoms with E-state index in [-0.39, 0.29) is 5.91 Å². The molecule has 1 aromatic carbocycles. The molecule has 0 spiro atoms. The average Bonchev–Trinajstić information content (AvgIpc) is 2.60. The Morgan fingerprint density at radius 1 is 1.17 bits per heavy atom. The lowest BCUT2D eigenvalue weighted by Crippen LogP contribution is -2.34. The smallest absolute Gasteiger partial charge is 0.251 e. The van der Waals surface area contributed by atoms with Crippen LogP contribution in [-0.2, 0) is 0 Å². The van der Waals surface area contributed by atoms with Crippen LogP contribution in [0.4, 0.5) is 0 Å². The van der Waals surface area contributed by atoms with E-state index in [0.717, 1.165) is 19.6 Å². The molecule has 0 saturated heterocycles. The van der Waals surface area contributed by atoms with Crippen LogP contribution >= 0.6 is 0 Å². The van der Waals surface area contributed by atoms with Crippen molar-refractivity contribution < 1.29 is 9.53 Å². The van der Waals surface area contributed by atoms with E-state index in [1.807, 2.05) is 12.1 Å². The number of carbonyl (C=O) groups is 1. The molecular weight excluding hydrogens is 290 g/mol. The second-order valence-corrected chi connectivity index (χ2v) is 5.08. The van der Waals surface area contributed by atoms with Gasteiger partial charge in [-0.1, -0.05) is 26.0 Å². The summed E-state index contributed by atoms with van der Waals surface area (Å²) >= 11 is 0. The summed E-state index contributed by atoms with van der Waals surface area (Å²) in [4.78, 5) is 18.6. The van der Waals surface area contributed by atoms with Gasteiger partial charge in [0.15, 0.2) is 0 Å². The van der Waals surface area contributed by atoms with Crippen LogP contribution in [0.25, 0.3) is 0 Å². The van der Waals surface area contributed by atoms with Crippen LogP contribution in [0.2, 0.25) is 0 Å². The van der Waals surface area contributed by atoms with Gasteiger partial charge in [-0.05, 0) is 37.4 Å². The lowest BCUT2D eigenvalue weighted by atomic mass is 10.2. The highest BCUT2D eigenvalue weighted by Gasteiger charge is 2.08. The van der Waals surface area contributed by atoms with Crippen molar-refractivity contribution in [3.8, 4) is 11.6 Å². The largest absolute Gasteiger partial charge is 0.439 e. The minimum absolute atomic E-state index is 0.0939. The highest BCUT2D eigenvalue weighted by Crippen LogP contribution is 2.19. The first-order chi connectivity index (χ1) is 11.2. The topological polar surface area (TPSA) is 54.5 Å². The molecule has 2 rings (SSSR count). The van der Waals surface area contributed by atoms with Crippen LogP contribution in [-0.4, -0.2) is 42.0 Å². The zero-order valence-corrected chi connectivity index (χ0v) is 13.7. The van der Waals surface area contributed by atoms with Crippen molar-refractivity contribution in [1.82, 2.24) is 15.2 Å². The number of rotatable bonds is 8. The van der Waals surface area contributed by atoms with Crippen molar-refractivity contribution in [3.05, 3.63) is 54.2 Å². The summed E-state index contributed by atoms with van der Waals surface area (Å²) in [5.41, 5.74) is 0.581. The van der Waals surface area contributed by atoms with Crippen LogP contribution in [0.3, 0.4) is 0 Å². The van der Waals surface area contributed by atoms with E-state index in [9.17, 15) is 4.79 Å². The van der Waals surface area contributed by atoms with Crippen molar-refractivity contribution in [2.45, 2.75) is 13.8 Å². The Balaban J connectivity index is 1.92. The Labute approximate surface area is 137 Å². The predicted molar refractivity (Wildman–Crippen MR) is 90.9 cm³/mol. The lowest BCUT2D eigenvalue weighted by Gasteiger charge is -2.18. The molecule has 1 aromatic heterocycles. The third-order valence-electron chi connectivity index (χ3n) is 3.56. The van der Waals surface area contributed by atoms with Gasteiger partial charge in [-0.2, -0.15) is 0 Å². The molecule has 1 amide bonds. The van der Waals surface area contributed by atoms with Gasteiger partial charge in [0.2, 0.25) is 5.88 Å². The molecule has 0 aliphatic rings. The standard InChI is InChI=1S/C18H23N3O2/c1-3-21(4-2)13-12-20-18(22)15-8-7-9-16(14-15)23-17-10-5-6-11-19-17/h5-11,14H,3-4,12-13H2,1-2H3,(H,20,22). The van der Waals surface area contributed by atoms with Crippen molar-refractivity contribution in [2.24, 2.45) is 0 Å².